The van der Waals surface area contributed by atoms with Crippen LogP contribution in [0.3, 0.4) is 0 Å². The number of carboxylic acids is 1. The van der Waals surface area contributed by atoms with Gasteiger partial charge in [-0.25, -0.2) is 9.78 Å². The Morgan fingerprint density at radius 3 is 2.59 bits per heavy atom. The van der Waals surface area contributed by atoms with Crippen LogP contribution < -0.4 is 9.47 Å². The monoisotopic (exact) mass is 365 g/mol. The summed E-state index contributed by atoms with van der Waals surface area (Å²) >= 11 is 0. The summed E-state index contributed by atoms with van der Waals surface area (Å²) in [6, 6.07) is 15.4. The van der Waals surface area contributed by atoms with E-state index in [0.29, 0.717) is 18.1 Å². The molecule has 0 atom stereocenters. The summed E-state index contributed by atoms with van der Waals surface area (Å²) in [6.07, 6.45) is 3.38. The number of hydrogen-bond donors (Lipinski definition) is 1. The summed E-state index contributed by atoms with van der Waals surface area (Å²) in [6.45, 7) is 1.99. The third-order valence-corrected chi connectivity index (χ3v) is 3.86. The first kappa shape index (κ1) is 18.3. The summed E-state index contributed by atoms with van der Waals surface area (Å²) in [5.74, 6) is 0.620. The Hall–Kier alpha value is -3.54. The molecule has 0 aliphatic rings. The van der Waals surface area contributed by atoms with Crippen molar-refractivity contribution >= 4 is 18.1 Å². The van der Waals surface area contributed by atoms with Crippen molar-refractivity contribution in [1.82, 2.24) is 4.98 Å². The Kier molecular flexibility index (Phi) is 5.56. The molecule has 2 aromatic carbocycles. The lowest BCUT2D eigenvalue weighted by atomic mass is 10.2. The van der Waals surface area contributed by atoms with Crippen LogP contribution in [0.25, 0.3) is 12.2 Å². The highest BCUT2D eigenvalue weighted by atomic mass is 16.5. The fourth-order valence-electron chi connectivity index (χ4n) is 2.50. The zero-order valence-electron chi connectivity index (χ0n) is 15.0. The van der Waals surface area contributed by atoms with Crippen LogP contribution in [-0.2, 0) is 6.61 Å². The van der Waals surface area contributed by atoms with Crippen molar-refractivity contribution in [2.75, 3.05) is 7.11 Å². The van der Waals surface area contributed by atoms with Gasteiger partial charge in [0.15, 0.2) is 17.2 Å². The van der Waals surface area contributed by atoms with Gasteiger partial charge in [-0.3, -0.25) is 0 Å². The van der Waals surface area contributed by atoms with Gasteiger partial charge in [0, 0.05) is 6.08 Å². The molecule has 1 N–H and O–H groups in total. The molecule has 3 rings (SSSR count). The van der Waals surface area contributed by atoms with Gasteiger partial charge in [-0.15, -0.1) is 0 Å². The molecule has 0 aliphatic carbocycles. The van der Waals surface area contributed by atoms with E-state index in [1.54, 1.807) is 26.2 Å². The van der Waals surface area contributed by atoms with Gasteiger partial charge in [-0.2, -0.15) is 0 Å². The topological polar surface area (TPSA) is 81.8 Å². The van der Waals surface area contributed by atoms with Crippen molar-refractivity contribution in [2.45, 2.75) is 13.5 Å². The Labute approximate surface area is 156 Å². The van der Waals surface area contributed by atoms with E-state index < -0.39 is 5.97 Å². The number of carbonyl (C=O) groups is 1. The van der Waals surface area contributed by atoms with Gasteiger partial charge in [0.1, 0.15) is 12.4 Å². The third kappa shape index (κ3) is 4.55. The molecule has 0 amide bonds. The average molecular weight is 365 g/mol. The lowest BCUT2D eigenvalue weighted by Gasteiger charge is -2.11. The molecule has 138 valence electrons. The molecule has 6 heteroatoms. The molecule has 27 heavy (non-hydrogen) atoms. The van der Waals surface area contributed by atoms with E-state index in [1.807, 2.05) is 48.5 Å². The molecule has 0 saturated carbocycles. The summed E-state index contributed by atoms with van der Waals surface area (Å²) in [5, 5.41) is 9.03. The first-order valence-corrected chi connectivity index (χ1v) is 8.30. The molecule has 0 fully saturated rings. The number of carboxylic acid groups (broad SMARTS) is 1. The molecular weight excluding hydrogens is 346 g/mol. The van der Waals surface area contributed by atoms with E-state index in [4.69, 9.17) is 19.0 Å². The van der Waals surface area contributed by atoms with Crippen molar-refractivity contribution in [3.8, 4) is 11.5 Å². The molecule has 3 aromatic rings. The molecule has 0 saturated heterocycles. The molecule has 0 unspecified atom stereocenters. The molecular formula is C21H19NO5. The second kappa shape index (κ2) is 8.23. The van der Waals surface area contributed by atoms with Gasteiger partial charge in [0.05, 0.1) is 7.11 Å². The van der Waals surface area contributed by atoms with Crippen molar-refractivity contribution in [2.24, 2.45) is 0 Å². The fourth-order valence-corrected chi connectivity index (χ4v) is 2.50. The highest BCUT2D eigenvalue weighted by Gasteiger charge is 2.14. The van der Waals surface area contributed by atoms with Crippen molar-refractivity contribution in [1.29, 1.82) is 0 Å². The van der Waals surface area contributed by atoms with Gasteiger partial charge in [-0.1, -0.05) is 36.4 Å². The number of oxazole rings is 1. The zero-order valence-corrected chi connectivity index (χ0v) is 15.0. The van der Waals surface area contributed by atoms with Crippen molar-refractivity contribution in [3.05, 3.63) is 77.0 Å². The number of aromatic nitrogens is 1. The minimum Gasteiger partial charge on any atom is -0.493 e. The number of aromatic carboxylic acids is 1. The Balaban J connectivity index is 1.78. The maximum Gasteiger partial charge on any atom is 0.358 e. The molecule has 0 spiro atoms. The number of hydrogen-bond acceptors (Lipinski definition) is 5. The van der Waals surface area contributed by atoms with Crippen LogP contribution in [0.15, 0.2) is 52.9 Å². The van der Waals surface area contributed by atoms with E-state index in [9.17, 15) is 4.79 Å². The normalized spacial score (nSPS) is 10.9. The second-order valence-corrected chi connectivity index (χ2v) is 5.78. The van der Waals surface area contributed by atoms with Crippen LogP contribution >= 0.6 is 0 Å². The third-order valence-electron chi connectivity index (χ3n) is 3.86. The van der Waals surface area contributed by atoms with Gasteiger partial charge < -0.3 is 19.0 Å². The first-order valence-electron chi connectivity index (χ1n) is 8.30. The lowest BCUT2D eigenvalue weighted by molar-refractivity contribution is 0.0689. The molecule has 1 heterocycles. The number of ether oxygens (including phenoxy) is 2. The van der Waals surface area contributed by atoms with E-state index in [-0.39, 0.29) is 17.3 Å². The fraction of sp³-hybridized carbons (Fsp3) is 0.143. The van der Waals surface area contributed by atoms with Gasteiger partial charge >= 0.3 is 5.97 Å². The number of methoxy groups -OCH3 is 1. The SMILES string of the molecule is COc1ccc(/C=C/c2nc(C(=O)O)c(C)o2)cc1OCc1ccccc1. The average Bonchev–Trinajstić information content (AvgIpc) is 3.06. The van der Waals surface area contributed by atoms with Crippen molar-refractivity contribution in [3.63, 3.8) is 0 Å². The smallest absolute Gasteiger partial charge is 0.358 e. The predicted molar refractivity (Wildman–Crippen MR) is 101 cm³/mol. The molecule has 1 aromatic heterocycles. The Bertz CT molecular complexity index is 960. The van der Waals surface area contributed by atoms with Crippen LogP contribution in [-0.4, -0.2) is 23.2 Å². The minimum atomic E-state index is -1.11. The molecule has 0 bridgehead atoms. The Morgan fingerprint density at radius 2 is 1.93 bits per heavy atom. The van der Waals surface area contributed by atoms with E-state index in [0.717, 1.165) is 11.1 Å². The quantitative estimate of drug-likeness (QED) is 0.667. The van der Waals surface area contributed by atoms with Crippen LogP contribution in [0.1, 0.15) is 33.3 Å². The molecule has 0 aliphatic heterocycles. The Morgan fingerprint density at radius 1 is 1.15 bits per heavy atom. The molecule has 0 radical (unpaired) electrons. The standard InChI is InChI=1S/C21H19NO5/c1-14-20(21(23)24)22-19(27-14)11-9-15-8-10-17(25-2)18(12-15)26-13-16-6-4-3-5-7-16/h3-12H,13H2,1-2H3,(H,23,24)/b11-9+. The number of aryl methyl sites for hydroxylation is 1. The van der Waals surface area contributed by atoms with Crippen LogP contribution in [0.5, 0.6) is 11.5 Å². The summed E-state index contributed by atoms with van der Waals surface area (Å²) in [5.41, 5.74) is 1.81. The highest BCUT2D eigenvalue weighted by molar-refractivity contribution is 5.86. The number of nitrogens with zero attached hydrogens (tertiary/aromatic N) is 1. The van der Waals surface area contributed by atoms with Gasteiger partial charge in [0.2, 0.25) is 5.89 Å². The summed E-state index contributed by atoms with van der Waals surface area (Å²) in [7, 11) is 1.59. The van der Waals surface area contributed by atoms with Crippen LogP contribution in [0.2, 0.25) is 0 Å². The zero-order chi connectivity index (χ0) is 19.2. The van der Waals surface area contributed by atoms with E-state index >= 15 is 0 Å². The van der Waals surface area contributed by atoms with Crippen LogP contribution in [0, 0.1) is 6.92 Å². The number of benzene rings is 2. The highest BCUT2D eigenvalue weighted by Crippen LogP contribution is 2.29. The number of rotatable bonds is 7. The maximum absolute atomic E-state index is 11.0. The largest absolute Gasteiger partial charge is 0.493 e. The second-order valence-electron chi connectivity index (χ2n) is 5.78. The summed E-state index contributed by atoms with van der Waals surface area (Å²) < 4.78 is 16.6. The van der Waals surface area contributed by atoms with Gasteiger partial charge in [-0.05, 0) is 36.3 Å². The van der Waals surface area contributed by atoms with Crippen molar-refractivity contribution < 1.29 is 23.8 Å². The van der Waals surface area contributed by atoms with E-state index in [1.165, 1.54) is 0 Å². The van der Waals surface area contributed by atoms with Gasteiger partial charge in [0.25, 0.3) is 0 Å². The van der Waals surface area contributed by atoms with E-state index in [2.05, 4.69) is 4.98 Å². The molecule has 6 nitrogen and oxygen atoms in total. The first-order chi connectivity index (χ1) is 13.1. The van der Waals surface area contributed by atoms with Crippen LogP contribution in [0.4, 0.5) is 0 Å². The maximum atomic E-state index is 11.0. The predicted octanol–water partition coefficient (Wildman–Crippen LogP) is 4.44. The minimum absolute atomic E-state index is 0.0868. The lowest BCUT2D eigenvalue weighted by Crippen LogP contribution is -1.98. The summed E-state index contributed by atoms with van der Waals surface area (Å²) in [4.78, 5) is 15.0.